The molecule has 7 nitrogen and oxygen atoms in total. The average molecular weight is 455 g/mol. The molecule has 0 aliphatic carbocycles. The van der Waals surface area contributed by atoms with Gasteiger partial charge in [0.15, 0.2) is 4.96 Å². The molecule has 0 aliphatic rings. The van der Waals surface area contributed by atoms with Gasteiger partial charge in [0.1, 0.15) is 0 Å². The lowest BCUT2D eigenvalue weighted by Crippen LogP contribution is -2.30. The number of imidazole rings is 1. The molecule has 0 unspecified atom stereocenters. The molecule has 0 atom stereocenters. The monoisotopic (exact) mass is 454 g/mol. The summed E-state index contributed by atoms with van der Waals surface area (Å²) in [4.78, 5) is 18.4. The smallest absolute Gasteiger partial charge is 0.255 e. The van der Waals surface area contributed by atoms with Gasteiger partial charge in [0.05, 0.1) is 10.6 Å². The lowest BCUT2D eigenvalue weighted by Gasteiger charge is -2.18. The molecule has 2 heterocycles. The number of hydrogen-bond acceptors (Lipinski definition) is 5. The normalized spacial score (nSPS) is 11.8. The molecule has 0 radical (unpaired) electrons. The predicted octanol–water partition coefficient (Wildman–Crippen LogP) is 4.35. The second-order valence-corrected chi connectivity index (χ2v) is 9.68. The number of thiazole rings is 1. The molecule has 1 N–H and O–H groups in total. The van der Waals surface area contributed by atoms with E-state index in [0.717, 1.165) is 16.2 Å². The Morgan fingerprint density at radius 2 is 1.87 bits per heavy atom. The highest BCUT2D eigenvalue weighted by molar-refractivity contribution is 7.89. The minimum Gasteiger partial charge on any atom is -0.322 e. The standard InChI is InChI=1S/C22H22N4O3S2/c1-3-26(4-2)31(28,29)19-10-8-16(9-11-19)21(27)23-18-7-5-6-17(14-18)20-15-25-12-13-30-22(25)24-20/h5-15H,3-4H2,1-2H3,(H,23,27). The van der Waals surface area contributed by atoms with Crippen molar-refractivity contribution in [1.29, 1.82) is 0 Å². The van der Waals surface area contributed by atoms with Crippen LogP contribution in [0.1, 0.15) is 24.2 Å². The Hall–Kier alpha value is -3.01. The van der Waals surface area contributed by atoms with Crippen LogP contribution in [-0.2, 0) is 10.0 Å². The quantitative estimate of drug-likeness (QED) is 0.450. The number of sulfonamides is 1. The second kappa shape index (κ2) is 8.62. The molecular formula is C22H22N4O3S2. The first-order valence-corrected chi connectivity index (χ1v) is 12.2. The van der Waals surface area contributed by atoms with Gasteiger partial charge in [0.2, 0.25) is 10.0 Å². The molecule has 0 spiro atoms. The van der Waals surface area contributed by atoms with Crippen LogP contribution in [0.25, 0.3) is 16.2 Å². The van der Waals surface area contributed by atoms with Crippen molar-refractivity contribution >= 4 is 37.9 Å². The molecule has 0 saturated heterocycles. The zero-order valence-corrected chi connectivity index (χ0v) is 18.8. The number of carbonyl (C=O) groups is 1. The van der Waals surface area contributed by atoms with Crippen LogP contribution in [0.4, 0.5) is 5.69 Å². The zero-order chi connectivity index (χ0) is 22.0. The first kappa shape index (κ1) is 21.2. The summed E-state index contributed by atoms with van der Waals surface area (Å²) >= 11 is 1.56. The fourth-order valence-corrected chi connectivity index (χ4v) is 5.48. The molecule has 2 aromatic carbocycles. The lowest BCUT2D eigenvalue weighted by molar-refractivity contribution is 0.102. The fraction of sp³-hybridized carbons (Fsp3) is 0.182. The van der Waals surface area contributed by atoms with E-state index in [1.807, 2.05) is 40.4 Å². The predicted molar refractivity (Wildman–Crippen MR) is 123 cm³/mol. The number of carbonyl (C=O) groups excluding carboxylic acids is 1. The fourth-order valence-electron chi connectivity index (χ4n) is 3.32. The first-order valence-electron chi connectivity index (χ1n) is 9.86. The van der Waals surface area contributed by atoms with E-state index in [0.29, 0.717) is 24.3 Å². The summed E-state index contributed by atoms with van der Waals surface area (Å²) in [6.45, 7) is 4.38. The molecule has 1 amide bonds. The van der Waals surface area contributed by atoms with Crippen molar-refractivity contribution < 1.29 is 13.2 Å². The molecular weight excluding hydrogens is 432 g/mol. The summed E-state index contributed by atoms with van der Waals surface area (Å²) < 4.78 is 28.5. The third-order valence-electron chi connectivity index (χ3n) is 4.97. The van der Waals surface area contributed by atoms with Crippen molar-refractivity contribution in [2.75, 3.05) is 18.4 Å². The van der Waals surface area contributed by atoms with Crippen molar-refractivity contribution in [3.63, 3.8) is 0 Å². The molecule has 0 bridgehead atoms. The Bertz CT molecular complexity index is 1290. The van der Waals surface area contributed by atoms with Crippen molar-refractivity contribution in [1.82, 2.24) is 13.7 Å². The van der Waals surface area contributed by atoms with Crippen molar-refractivity contribution in [2.24, 2.45) is 0 Å². The molecule has 160 valence electrons. The minimum absolute atomic E-state index is 0.175. The number of hydrogen-bond donors (Lipinski definition) is 1. The summed E-state index contributed by atoms with van der Waals surface area (Å²) in [5, 5.41) is 4.84. The third-order valence-corrected chi connectivity index (χ3v) is 7.80. The third kappa shape index (κ3) is 4.25. The van der Waals surface area contributed by atoms with E-state index in [9.17, 15) is 13.2 Å². The van der Waals surface area contributed by atoms with Crippen LogP contribution in [0.5, 0.6) is 0 Å². The molecule has 31 heavy (non-hydrogen) atoms. The van der Waals surface area contributed by atoms with E-state index < -0.39 is 10.0 Å². The van der Waals surface area contributed by atoms with Gasteiger partial charge in [-0.25, -0.2) is 13.4 Å². The van der Waals surface area contributed by atoms with Gasteiger partial charge in [-0.05, 0) is 36.4 Å². The van der Waals surface area contributed by atoms with E-state index in [1.165, 1.54) is 28.6 Å². The number of rotatable bonds is 7. The van der Waals surface area contributed by atoms with Crippen molar-refractivity contribution in [3.05, 3.63) is 71.9 Å². The van der Waals surface area contributed by atoms with Crippen molar-refractivity contribution in [3.8, 4) is 11.3 Å². The zero-order valence-electron chi connectivity index (χ0n) is 17.1. The Balaban J connectivity index is 1.51. The Labute approximate surface area is 185 Å². The number of aromatic nitrogens is 2. The Kier molecular flexibility index (Phi) is 5.90. The van der Waals surface area contributed by atoms with E-state index in [-0.39, 0.29) is 10.8 Å². The van der Waals surface area contributed by atoms with Crippen LogP contribution >= 0.6 is 11.3 Å². The largest absolute Gasteiger partial charge is 0.322 e. The molecule has 9 heteroatoms. The van der Waals surface area contributed by atoms with Gasteiger partial charge in [-0.3, -0.25) is 9.20 Å². The minimum atomic E-state index is -3.55. The maximum atomic E-state index is 12.7. The summed E-state index contributed by atoms with van der Waals surface area (Å²) in [6.07, 6.45) is 3.90. The molecule has 0 aliphatic heterocycles. The van der Waals surface area contributed by atoms with E-state index >= 15 is 0 Å². The average Bonchev–Trinajstić information content (AvgIpc) is 3.37. The SMILES string of the molecule is CCN(CC)S(=O)(=O)c1ccc(C(=O)Nc2cccc(-c3cn4ccsc4n3)c2)cc1. The number of anilines is 1. The highest BCUT2D eigenvalue weighted by Crippen LogP contribution is 2.24. The van der Waals surface area contributed by atoms with E-state index in [2.05, 4.69) is 10.3 Å². The highest BCUT2D eigenvalue weighted by atomic mass is 32.2. The second-order valence-electron chi connectivity index (χ2n) is 6.87. The van der Waals surface area contributed by atoms with Crippen LogP contribution in [0, 0.1) is 0 Å². The van der Waals surface area contributed by atoms with Gasteiger partial charge < -0.3 is 5.32 Å². The van der Waals surface area contributed by atoms with Crippen LogP contribution in [0.3, 0.4) is 0 Å². The van der Waals surface area contributed by atoms with Gasteiger partial charge in [-0.1, -0.05) is 26.0 Å². The summed E-state index contributed by atoms with van der Waals surface area (Å²) in [6, 6.07) is 13.5. The van der Waals surface area contributed by atoms with Gasteiger partial charge >= 0.3 is 0 Å². The molecule has 2 aromatic heterocycles. The number of amides is 1. The summed E-state index contributed by atoms with van der Waals surface area (Å²) in [5.41, 5.74) is 2.74. The Morgan fingerprint density at radius 3 is 2.55 bits per heavy atom. The van der Waals surface area contributed by atoms with E-state index in [4.69, 9.17) is 0 Å². The van der Waals surface area contributed by atoms with Crippen LogP contribution in [0.15, 0.2) is 71.2 Å². The van der Waals surface area contributed by atoms with E-state index in [1.54, 1.807) is 31.3 Å². The summed E-state index contributed by atoms with van der Waals surface area (Å²) in [5.74, 6) is -0.310. The number of nitrogens with zero attached hydrogens (tertiary/aromatic N) is 3. The molecule has 0 saturated carbocycles. The van der Waals surface area contributed by atoms with Gasteiger partial charge in [-0.2, -0.15) is 4.31 Å². The van der Waals surface area contributed by atoms with Gasteiger partial charge in [0.25, 0.3) is 5.91 Å². The van der Waals surface area contributed by atoms with Gasteiger partial charge in [0, 0.05) is 47.7 Å². The van der Waals surface area contributed by atoms with Gasteiger partial charge in [-0.15, -0.1) is 11.3 Å². The maximum absolute atomic E-state index is 12.7. The Morgan fingerprint density at radius 1 is 1.13 bits per heavy atom. The number of benzene rings is 2. The summed E-state index contributed by atoms with van der Waals surface area (Å²) in [7, 11) is -3.55. The molecule has 4 aromatic rings. The highest BCUT2D eigenvalue weighted by Gasteiger charge is 2.21. The van der Waals surface area contributed by atoms with Crippen LogP contribution in [-0.4, -0.2) is 41.1 Å². The first-order chi connectivity index (χ1) is 14.9. The molecule has 0 fully saturated rings. The van der Waals surface area contributed by atoms with Crippen LogP contribution < -0.4 is 5.32 Å². The van der Waals surface area contributed by atoms with Crippen molar-refractivity contribution in [2.45, 2.75) is 18.7 Å². The van der Waals surface area contributed by atoms with Crippen LogP contribution in [0.2, 0.25) is 0 Å². The lowest BCUT2D eigenvalue weighted by atomic mass is 10.1. The topological polar surface area (TPSA) is 83.8 Å². The maximum Gasteiger partial charge on any atom is 0.255 e. The number of fused-ring (bicyclic) bond motifs is 1. The molecule has 4 rings (SSSR count). The number of nitrogens with one attached hydrogen (secondary N) is 1.